The average Bonchev–Trinajstić information content (AvgIpc) is 3.97. The largest absolute Gasteiger partial charge is 0.507 e. The minimum Gasteiger partial charge on any atom is -0.507 e. The van der Waals surface area contributed by atoms with Crippen LogP contribution >= 0.6 is 0 Å². The fourth-order valence-corrected chi connectivity index (χ4v) is 9.45. The van der Waals surface area contributed by atoms with E-state index in [1.807, 2.05) is 30.3 Å². The van der Waals surface area contributed by atoms with Crippen molar-refractivity contribution in [1.29, 1.82) is 0 Å². The predicted molar refractivity (Wildman–Crippen MR) is 310 cm³/mol. The topological polar surface area (TPSA) is 50.9 Å². The minimum atomic E-state index is -1.86. The Bertz CT molecular complexity index is 3750. The fourth-order valence-electron chi connectivity index (χ4n) is 9.45. The molecular weight excluding hydrogens is 1080 g/mol. The predicted octanol–water partition coefficient (Wildman–Crippen LogP) is 18.7. The van der Waals surface area contributed by atoms with Crippen LogP contribution in [0.25, 0.3) is 83.9 Å². The molecule has 0 aliphatic heterocycles. The molecule has 2 heterocycles. The molecule has 0 unspecified atom stereocenters. The van der Waals surface area contributed by atoms with E-state index in [4.69, 9.17) is 14.1 Å². The number of pyridine rings is 1. The molecule has 0 aliphatic carbocycles. The van der Waals surface area contributed by atoms with Crippen molar-refractivity contribution in [2.24, 2.45) is 5.41 Å². The Morgan fingerprint density at radius 1 is 0.541 bits per heavy atom. The molecule has 0 saturated heterocycles. The maximum atomic E-state index is 12.9. The molecule has 9 aromatic rings. The molecule has 5 heteroatoms. The Morgan fingerprint density at radius 2 is 1.07 bits per heavy atom. The van der Waals surface area contributed by atoms with Gasteiger partial charge in [-0.25, -0.2) is 4.98 Å². The molecule has 2 aromatic heterocycles. The summed E-state index contributed by atoms with van der Waals surface area (Å²) in [7, 11) is 0. The number of aromatic nitrogens is 3. The molecule has 74 heavy (non-hydrogen) atoms. The molecule has 0 saturated carbocycles. The summed E-state index contributed by atoms with van der Waals surface area (Å²) in [5.74, 6) is 0.722. The van der Waals surface area contributed by atoms with E-state index in [9.17, 15) is 9.22 Å². The van der Waals surface area contributed by atoms with E-state index in [1.165, 1.54) is 18.3 Å². The minimum absolute atomic E-state index is 0. The first-order valence-electron chi connectivity index (χ1n) is 28.5. The average molecular weight is 1160 g/mol. The summed E-state index contributed by atoms with van der Waals surface area (Å²) >= 11 is 0. The van der Waals surface area contributed by atoms with E-state index < -0.39 is 22.6 Å². The summed E-state index contributed by atoms with van der Waals surface area (Å²) in [5.41, 5.74) is 11.3. The summed E-state index contributed by atoms with van der Waals surface area (Å²) in [6, 6.07) is 46.1. The summed E-state index contributed by atoms with van der Waals surface area (Å²) in [6.45, 7) is 31.4. The second-order valence-corrected chi connectivity index (χ2v) is 24.7. The Morgan fingerprint density at radius 3 is 1.61 bits per heavy atom. The van der Waals surface area contributed by atoms with Crippen molar-refractivity contribution in [3.05, 3.63) is 192 Å². The maximum absolute atomic E-state index is 12.9. The number of fused-ring (bicyclic) bond motifs is 1. The molecule has 0 amide bonds. The van der Waals surface area contributed by atoms with E-state index in [2.05, 4.69) is 179 Å². The van der Waals surface area contributed by atoms with Crippen molar-refractivity contribution < 1.29 is 34.4 Å². The van der Waals surface area contributed by atoms with Gasteiger partial charge in [0.15, 0.2) is 0 Å². The molecular formula is C69H74N3OPt-. The van der Waals surface area contributed by atoms with E-state index >= 15 is 0 Å². The third-order valence-electron chi connectivity index (χ3n) is 13.5. The van der Waals surface area contributed by atoms with Crippen LogP contribution in [-0.2, 0) is 49.1 Å². The molecule has 382 valence electrons. The van der Waals surface area contributed by atoms with E-state index in [1.54, 1.807) is 20.8 Å². The van der Waals surface area contributed by atoms with Gasteiger partial charge in [-0.2, -0.15) is 0 Å². The monoisotopic (exact) mass is 1160 g/mol. The maximum Gasteiger partial charge on any atom is 0.148 e. The van der Waals surface area contributed by atoms with Crippen LogP contribution in [0.15, 0.2) is 158 Å². The zero-order chi connectivity index (χ0) is 57.7. The van der Waals surface area contributed by atoms with Gasteiger partial charge in [-0.3, -0.25) is 9.55 Å². The Labute approximate surface area is 465 Å². The van der Waals surface area contributed by atoms with Gasteiger partial charge < -0.3 is 5.11 Å². The zero-order valence-corrected chi connectivity index (χ0v) is 48.1. The molecule has 0 atom stereocenters. The third kappa shape index (κ3) is 11.2. The third-order valence-corrected chi connectivity index (χ3v) is 13.5. The quantitative estimate of drug-likeness (QED) is 0.154. The second kappa shape index (κ2) is 20.1. The van der Waals surface area contributed by atoms with Crippen LogP contribution in [0.4, 0.5) is 0 Å². The van der Waals surface area contributed by atoms with Crippen LogP contribution in [-0.4, -0.2) is 19.6 Å². The molecule has 0 fully saturated rings. The molecule has 0 aliphatic rings. The number of para-hydroxylation sites is 1. The molecule has 0 bridgehead atoms. The first kappa shape index (κ1) is 46.2. The van der Waals surface area contributed by atoms with Gasteiger partial charge in [0.2, 0.25) is 0 Å². The van der Waals surface area contributed by atoms with Crippen LogP contribution in [0.1, 0.15) is 140 Å². The number of benzene rings is 7. The zero-order valence-electron chi connectivity index (χ0n) is 51.8. The molecule has 7 aromatic carbocycles. The van der Waals surface area contributed by atoms with Gasteiger partial charge in [-0.15, -0.1) is 29.3 Å². The number of phenolic OH excluding ortho intramolecular Hbond substituents is 1. The molecule has 0 radical (unpaired) electrons. The van der Waals surface area contributed by atoms with Gasteiger partial charge >= 0.3 is 0 Å². The summed E-state index contributed by atoms with van der Waals surface area (Å²) in [4.78, 5) is 10.5. The standard InChI is InChI=1S/C69H74N3O.Pt/c1-65(2,3)43-44-29-31-45(32-30-44)48-33-34-70-59(38-48)50-35-49(36-51(37-50)66(4,5)6)54-27-22-28-60-61(54)71-64(57-41-53(68(10,11)12)42-58(63(57)73)69(13,14)15)72(60)62-55(46-23-18-16-19-24-46)39-52(67(7,8)9)40-56(62)47-25-20-17-21-26-47;/h16-34,36-42,73H,43H2,1-15H3;/q-1;/i31D,32D,33D,38D,43D2;. The van der Waals surface area contributed by atoms with Crippen molar-refractivity contribution in [3.8, 4) is 78.6 Å². The van der Waals surface area contributed by atoms with Gasteiger partial charge in [0.1, 0.15) is 11.6 Å². The van der Waals surface area contributed by atoms with E-state index in [-0.39, 0.29) is 84.2 Å². The van der Waals surface area contributed by atoms with Crippen LogP contribution in [0, 0.1) is 11.5 Å². The number of imidazole rings is 1. The summed E-state index contributed by atoms with van der Waals surface area (Å²) < 4.78 is 57.3. The van der Waals surface area contributed by atoms with Crippen molar-refractivity contribution in [2.75, 3.05) is 0 Å². The normalized spacial score (nSPS) is 13.9. The van der Waals surface area contributed by atoms with Crippen molar-refractivity contribution >= 4 is 11.0 Å². The second-order valence-electron chi connectivity index (χ2n) is 24.7. The number of nitrogens with zero attached hydrogens (tertiary/aromatic N) is 3. The molecule has 9 rings (SSSR count). The first-order chi connectivity index (χ1) is 36.7. The number of phenols is 1. The molecule has 1 N–H and O–H groups in total. The van der Waals surface area contributed by atoms with Gasteiger partial charge in [-0.05, 0) is 103 Å². The van der Waals surface area contributed by atoms with Crippen molar-refractivity contribution in [3.63, 3.8) is 0 Å². The number of hydrogen-bond donors (Lipinski definition) is 1. The summed E-state index contributed by atoms with van der Waals surface area (Å²) in [6.07, 6.45) is -0.497. The van der Waals surface area contributed by atoms with E-state index in [0.717, 1.165) is 61.3 Å². The SMILES string of the molecule is [2H]c1cc(C([2H])([2H])C(C)(C)C)cc([2H])c1-c1c([2H])cnc(-c2[c-]c(-c3cccc4c3nc(-c3cc(C(C)(C)C)cc(C(C)(C)C)c3O)n4-c3c(-c4ccccc4)cc(C(C)(C)C)cc3-c3ccccc3)cc(C(C)(C)C)c2)c1[2H].[Pt]. The van der Waals surface area contributed by atoms with Gasteiger partial charge in [-0.1, -0.05) is 224 Å². The Hall–Kier alpha value is -6.35. The van der Waals surface area contributed by atoms with Gasteiger partial charge in [0.05, 0.1) is 27.8 Å². The molecule has 0 spiro atoms. The fraction of sp³-hybridized carbons (Fsp3) is 0.304. The van der Waals surface area contributed by atoms with Crippen LogP contribution < -0.4 is 0 Å². The number of aromatic hydroxyl groups is 1. The Kier molecular flexibility index (Phi) is 12.5. The summed E-state index contributed by atoms with van der Waals surface area (Å²) in [5, 5.41) is 12.9. The van der Waals surface area contributed by atoms with E-state index in [0.29, 0.717) is 28.0 Å². The Balaban J connectivity index is 0.00000841. The van der Waals surface area contributed by atoms with Crippen LogP contribution in [0.2, 0.25) is 0 Å². The van der Waals surface area contributed by atoms with Crippen LogP contribution in [0.5, 0.6) is 5.75 Å². The molecule has 4 nitrogen and oxygen atoms in total. The number of hydrogen-bond acceptors (Lipinski definition) is 3. The van der Waals surface area contributed by atoms with Crippen molar-refractivity contribution in [2.45, 2.75) is 132 Å². The van der Waals surface area contributed by atoms with Gasteiger partial charge in [0, 0.05) is 52.4 Å². The van der Waals surface area contributed by atoms with Crippen LogP contribution in [0.3, 0.4) is 0 Å². The van der Waals surface area contributed by atoms with Gasteiger partial charge in [0.25, 0.3) is 0 Å². The first-order valence-corrected chi connectivity index (χ1v) is 25.5. The number of rotatable bonds is 8. The van der Waals surface area contributed by atoms with Crippen molar-refractivity contribution in [1.82, 2.24) is 14.5 Å². The smallest absolute Gasteiger partial charge is 0.148 e.